The molecule has 0 spiro atoms. The van der Waals surface area contributed by atoms with Crippen LogP contribution < -0.4 is 5.73 Å². The minimum atomic E-state index is -1.15. The second kappa shape index (κ2) is 7.78. The van der Waals surface area contributed by atoms with Gasteiger partial charge in [-0.25, -0.2) is 0 Å². The fourth-order valence-corrected chi connectivity index (χ4v) is 4.52. The third kappa shape index (κ3) is 4.32. The first-order valence-corrected chi connectivity index (χ1v) is 8.55. The minimum absolute atomic E-state index is 0.321. The predicted molar refractivity (Wildman–Crippen MR) is 83.3 cm³/mol. The normalized spacial score (nSPS) is 39.4. The lowest BCUT2D eigenvalue weighted by atomic mass is 9.98. The van der Waals surface area contributed by atoms with E-state index in [4.69, 9.17) is 10.5 Å². The van der Waals surface area contributed by atoms with Crippen LogP contribution in [0.5, 0.6) is 0 Å². The fourth-order valence-electron chi connectivity index (χ4n) is 2.94. The van der Waals surface area contributed by atoms with Crippen LogP contribution in [0.1, 0.15) is 39.0 Å². The molecule has 2 fully saturated rings. The predicted octanol–water partition coefficient (Wildman–Crippen LogP) is 0.237. The second-order valence-corrected chi connectivity index (χ2v) is 7.27. The van der Waals surface area contributed by atoms with E-state index in [0.29, 0.717) is 11.1 Å². The van der Waals surface area contributed by atoms with Gasteiger partial charge in [-0.1, -0.05) is 19.3 Å². The molecule has 2 rings (SSSR count). The summed E-state index contributed by atoms with van der Waals surface area (Å²) in [5, 5.41) is 30.0. The van der Waals surface area contributed by atoms with Crippen molar-refractivity contribution in [1.82, 2.24) is 0 Å². The summed E-state index contributed by atoms with van der Waals surface area (Å²) in [6.07, 6.45) is 2.96. The summed E-state index contributed by atoms with van der Waals surface area (Å²) < 4.78 is 5.77. The van der Waals surface area contributed by atoms with Crippen LogP contribution in [0.25, 0.3) is 0 Å². The van der Waals surface area contributed by atoms with Crippen molar-refractivity contribution in [2.75, 3.05) is 6.61 Å². The molecule has 122 valence electrons. The molecule has 0 bridgehead atoms. The molecule has 21 heavy (non-hydrogen) atoms. The average molecular weight is 318 g/mol. The highest BCUT2D eigenvalue weighted by Crippen LogP contribution is 2.37. The van der Waals surface area contributed by atoms with Gasteiger partial charge in [-0.3, -0.25) is 4.99 Å². The van der Waals surface area contributed by atoms with Crippen molar-refractivity contribution in [1.29, 1.82) is 0 Å². The number of hydrogen-bond acceptors (Lipinski definition) is 6. The largest absolute Gasteiger partial charge is 0.394 e. The molecule has 0 amide bonds. The van der Waals surface area contributed by atoms with Crippen molar-refractivity contribution >= 4 is 17.6 Å². The van der Waals surface area contributed by atoms with E-state index in [0.717, 1.165) is 12.8 Å². The molecule has 1 aliphatic carbocycles. The van der Waals surface area contributed by atoms with Crippen molar-refractivity contribution in [3.05, 3.63) is 0 Å². The Hall–Kier alpha value is -0.340. The van der Waals surface area contributed by atoms with E-state index in [1.54, 1.807) is 18.7 Å². The molecular formula is C14H26N2O4S. The quantitative estimate of drug-likeness (QED) is 0.437. The standard InChI is InChI=1S/C14H26N2O4S/c1-8(15)16-11-13(19)12(18)10(7-17)20-14(11)21-9-5-3-2-4-6-9/h9-14,17-19H,2-7H2,1H3,(H2,15,16)/t10-,11-,12-,13-,14-/m1/s1. The van der Waals surface area contributed by atoms with Crippen molar-refractivity contribution in [2.45, 2.75) is 74.1 Å². The number of nitrogens with two attached hydrogens (primary N) is 1. The van der Waals surface area contributed by atoms with E-state index in [2.05, 4.69) is 4.99 Å². The monoisotopic (exact) mass is 318 g/mol. The van der Waals surface area contributed by atoms with Crippen LogP contribution in [0, 0.1) is 0 Å². The number of rotatable bonds is 4. The molecule has 0 unspecified atom stereocenters. The molecule has 6 nitrogen and oxygen atoms in total. The Kier molecular flexibility index (Phi) is 6.31. The first-order chi connectivity index (χ1) is 10.0. The Balaban J connectivity index is 2.10. The molecule has 5 atom stereocenters. The van der Waals surface area contributed by atoms with Gasteiger partial charge < -0.3 is 25.8 Å². The lowest BCUT2D eigenvalue weighted by Gasteiger charge is -2.41. The van der Waals surface area contributed by atoms with Crippen molar-refractivity contribution in [2.24, 2.45) is 10.7 Å². The van der Waals surface area contributed by atoms with Gasteiger partial charge in [0.2, 0.25) is 0 Å². The number of nitrogens with zero attached hydrogens (tertiary/aromatic N) is 1. The van der Waals surface area contributed by atoms with Gasteiger partial charge in [0.15, 0.2) is 0 Å². The minimum Gasteiger partial charge on any atom is -0.394 e. The molecule has 1 saturated heterocycles. The zero-order chi connectivity index (χ0) is 15.4. The zero-order valence-electron chi connectivity index (χ0n) is 12.4. The number of ether oxygens (including phenoxy) is 1. The number of thioether (sulfide) groups is 1. The highest BCUT2D eigenvalue weighted by Gasteiger charge is 2.45. The SMILES string of the molecule is CC(N)=N[C@@H]1[C@@H](O)[C@H](O)[C@@H](CO)O[C@@H]1SC1CCCCC1. The Labute approximate surface area is 129 Å². The summed E-state index contributed by atoms with van der Waals surface area (Å²) in [7, 11) is 0. The molecule has 7 heteroatoms. The summed E-state index contributed by atoms with van der Waals surface area (Å²) in [6, 6.07) is -0.597. The summed E-state index contributed by atoms with van der Waals surface area (Å²) in [5.41, 5.74) is 5.25. The highest BCUT2D eigenvalue weighted by molar-refractivity contribution is 8.00. The van der Waals surface area contributed by atoms with E-state index in [1.807, 2.05) is 0 Å². The third-order valence-corrected chi connectivity index (χ3v) is 5.59. The van der Waals surface area contributed by atoms with Crippen LogP contribution >= 0.6 is 11.8 Å². The maximum atomic E-state index is 10.3. The average Bonchev–Trinajstić information content (AvgIpc) is 2.47. The van der Waals surface area contributed by atoms with Gasteiger partial charge in [-0.05, 0) is 19.8 Å². The molecule has 5 N–H and O–H groups in total. The van der Waals surface area contributed by atoms with E-state index in [9.17, 15) is 15.3 Å². The van der Waals surface area contributed by atoms with E-state index in [1.165, 1.54) is 19.3 Å². The van der Waals surface area contributed by atoms with Gasteiger partial charge in [0.1, 0.15) is 29.8 Å². The molecule has 2 aliphatic rings. The van der Waals surface area contributed by atoms with Crippen molar-refractivity contribution in [3.63, 3.8) is 0 Å². The maximum Gasteiger partial charge on any atom is 0.129 e. The van der Waals surface area contributed by atoms with Gasteiger partial charge in [-0.2, -0.15) is 0 Å². The number of aliphatic imine (C=N–C) groups is 1. The summed E-state index contributed by atoms with van der Waals surface area (Å²) in [5.74, 6) is 0.353. The number of hydrogen-bond donors (Lipinski definition) is 4. The smallest absolute Gasteiger partial charge is 0.129 e. The van der Waals surface area contributed by atoms with E-state index < -0.39 is 24.4 Å². The van der Waals surface area contributed by atoms with E-state index >= 15 is 0 Å². The van der Waals surface area contributed by atoms with Crippen LogP contribution in [-0.4, -0.2) is 62.8 Å². The first kappa shape index (κ1) is 17.0. The van der Waals surface area contributed by atoms with Gasteiger partial charge in [0.05, 0.1) is 12.4 Å². The lowest BCUT2D eigenvalue weighted by Crippen LogP contribution is -2.57. The van der Waals surface area contributed by atoms with Crippen molar-refractivity contribution in [3.8, 4) is 0 Å². The summed E-state index contributed by atoms with van der Waals surface area (Å²) in [4.78, 5) is 4.24. The Morgan fingerprint density at radius 3 is 2.48 bits per heavy atom. The molecule has 0 aromatic rings. The summed E-state index contributed by atoms with van der Waals surface area (Å²) >= 11 is 1.65. The van der Waals surface area contributed by atoms with Gasteiger partial charge >= 0.3 is 0 Å². The maximum absolute atomic E-state index is 10.3. The number of amidine groups is 1. The molecule has 0 aromatic heterocycles. The van der Waals surface area contributed by atoms with Crippen LogP contribution in [0.15, 0.2) is 4.99 Å². The number of aliphatic hydroxyl groups excluding tert-OH is 3. The second-order valence-electron chi connectivity index (χ2n) is 5.86. The summed E-state index contributed by atoms with van der Waals surface area (Å²) in [6.45, 7) is 1.33. The zero-order valence-corrected chi connectivity index (χ0v) is 13.2. The Morgan fingerprint density at radius 2 is 1.90 bits per heavy atom. The molecule has 1 saturated carbocycles. The molecule has 0 radical (unpaired) electrons. The molecule has 1 heterocycles. The van der Waals surface area contributed by atoms with Crippen LogP contribution in [0.4, 0.5) is 0 Å². The number of aliphatic hydroxyl groups is 3. The third-order valence-electron chi connectivity index (χ3n) is 4.08. The fraction of sp³-hybridized carbons (Fsp3) is 0.929. The van der Waals surface area contributed by atoms with Crippen LogP contribution in [0.3, 0.4) is 0 Å². The molecule has 0 aromatic carbocycles. The highest BCUT2D eigenvalue weighted by atomic mass is 32.2. The van der Waals surface area contributed by atoms with Gasteiger partial charge in [0, 0.05) is 5.25 Å². The van der Waals surface area contributed by atoms with Crippen molar-refractivity contribution < 1.29 is 20.1 Å². The van der Waals surface area contributed by atoms with Crippen LogP contribution in [0.2, 0.25) is 0 Å². The Bertz CT molecular complexity index is 359. The first-order valence-electron chi connectivity index (χ1n) is 7.60. The van der Waals surface area contributed by atoms with Gasteiger partial charge in [-0.15, -0.1) is 11.8 Å². The van der Waals surface area contributed by atoms with Gasteiger partial charge in [0.25, 0.3) is 0 Å². The van der Waals surface area contributed by atoms with Crippen LogP contribution in [-0.2, 0) is 4.74 Å². The van der Waals surface area contributed by atoms with E-state index in [-0.39, 0.29) is 12.0 Å². The topological polar surface area (TPSA) is 108 Å². The molecular weight excluding hydrogens is 292 g/mol. The lowest BCUT2D eigenvalue weighted by molar-refractivity contribution is -0.165. The molecule has 1 aliphatic heterocycles. The Morgan fingerprint density at radius 1 is 1.24 bits per heavy atom.